The maximum absolute atomic E-state index is 13.8. The number of anilines is 1. The smallest absolute Gasteiger partial charge is 0.267 e. The van der Waals surface area contributed by atoms with Crippen molar-refractivity contribution < 1.29 is 13.2 Å². The SMILES string of the molecule is Cc1ccc(S(=O)(=O)N(Cc2ccc(Cl)cc2)c2ccccc2C(=O)N/N=C/c2cccc(Cl)c2)cc1. The number of nitrogens with zero attached hydrogens (tertiary/aromatic N) is 2. The van der Waals surface area contributed by atoms with Gasteiger partial charge in [-0.3, -0.25) is 9.10 Å². The monoisotopic (exact) mass is 551 g/mol. The average Bonchev–Trinajstić information content (AvgIpc) is 2.88. The van der Waals surface area contributed by atoms with Gasteiger partial charge in [-0.1, -0.05) is 77.3 Å². The molecule has 0 bridgehead atoms. The summed E-state index contributed by atoms with van der Waals surface area (Å²) in [5.41, 5.74) is 5.18. The predicted molar refractivity (Wildman–Crippen MR) is 149 cm³/mol. The molecule has 0 radical (unpaired) electrons. The van der Waals surface area contributed by atoms with Crippen molar-refractivity contribution in [3.8, 4) is 0 Å². The van der Waals surface area contributed by atoms with Gasteiger partial charge in [-0.25, -0.2) is 13.8 Å². The van der Waals surface area contributed by atoms with Gasteiger partial charge in [-0.05, 0) is 66.6 Å². The number of aryl methyl sites for hydroxylation is 1. The van der Waals surface area contributed by atoms with Crippen LogP contribution in [-0.2, 0) is 16.6 Å². The molecule has 0 saturated heterocycles. The first-order chi connectivity index (χ1) is 17.7. The Hall–Kier alpha value is -3.65. The summed E-state index contributed by atoms with van der Waals surface area (Å²) >= 11 is 12.0. The van der Waals surface area contributed by atoms with Crippen molar-refractivity contribution in [2.45, 2.75) is 18.4 Å². The second kappa shape index (κ2) is 11.6. The summed E-state index contributed by atoms with van der Waals surface area (Å²) in [6.07, 6.45) is 1.46. The fourth-order valence-electron chi connectivity index (χ4n) is 3.59. The number of halogens is 2. The van der Waals surface area contributed by atoms with Crippen LogP contribution < -0.4 is 9.73 Å². The molecule has 4 aromatic carbocycles. The number of carbonyl (C=O) groups excluding carboxylic acids is 1. The van der Waals surface area contributed by atoms with Gasteiger partial charge in [0.05, 0.1) is 28.9 Å². The normalized spacial score (nSPS) is 11.4. The molecule has 1 N–H and O–H groups in total. The standard InChI is InChI=1S/C28H23Cl2N3O3S/c1-20-9-15-25(16-10-20)37(35,36)33(19-21-11-13-23(29)14-12-21)27-8-3-2-7-26(27)28(34)32-31-18-22-5-4-6-24(30)17-22/h2-18H,19H2,1H3,(H,32,34)/b31-18+. The van der Waals surface area contributed by atoms with Gasteiger partial charge in [0.1, 0.15) is 0 Å². The molecule has 4 rings (SSSR count). The minimum Gasteiger partial charge on any atom is -0.267 e. The number of benzene rings is 4. The summed E-state index contributed by atoms with van der Waals surface area (Å²) in [7, 11) is -4.04. The van der Waals surface area contributed by atoms with E-state index in [-0.39, 0.29) is 22.7 Å². The van der Waals surface area contributed by atoms with Crippen LogP contribution in [-0.4, -0.2) is 20.5 Å². The lowest BCUT2D eigenvalue weighted by Crippen LogP contribution is -2.33. The molecule has 37 heavy (non-hydrogen) atoms. The van der Waals surface area contributed by atoms with Crippen molar-refractivity contribution in [2.24, 2.45) is 5.10 Å². The Morgan fingerprint density at radius 3 is 2.30 bits per heavy atom. The topological polar surface area (TPSA) is 78.8 Å². The maximum Gasteiger partial charge on any atom is 0.273 e. The van der Waals surface area contributed by atoms with E-state index in [2.05, 4.69) is 10.5 Å². The minimum atomic E-state index is -4.04. The van der Waals surface area contributed by atoms with Crippen molar-refractivity contribution in [3.05, 3.63) is 129 Å². The summed E-state index contributed by atoms with van der Waals surface area (Å²) in [4.78, 5) is 13.3. The lowest BCUT2D eigenvalue weighted by Gasteiger charge is -2.26. The molecule has 6 nitrogen and oxygen atoms in total. The van der Waals surface area contributed by atoms with E-state index in [4.69, 9.17) is 23.2 Å². The lowest BCUT2D eigenvalue weighted by atomic mass is 10.1. The lowest BCUT2D eigenvalue weighted by molar-refractivity contribution is 0.0956. The number of hydrogen-bond donors (Lipinski definition) is 1. The molecular weight excluding hydrogens is 529 g/mol. The van der Waals surface area contributed by atoms with Gasteiger partial charge in [-0.2, -0.15) is 5.10 Å². The van der Waals surface area contributed by atoms with E-state index in [0.717, 1.165) is 5.56 Å². The molecular formula is C28H23Cl2N3O3S. The van der Waals surface area contributed by atoms with Crippen LogP contribution in [0, 0.1) is 6.92 Å². The summed E-state index contributed by atoms with van der Waals surface area (Å²) in [5.74, 6) is -0.561. The van der Waals surface area contributed by atoms with E-state index in [9.17, 15) is 13.2 Å². The number of para-hydroxylation sites is 1. The zero-order valence-electron chi connectivity index (χ0n) is 19.8. The molecule has 0 atom stereocenters. The Kier molecular flexibility index (Phi) is 8.28. The van der Waals surface area contributed by atoms with Crippen LogP contribution in [0.5, 0.6) is 0 Å². The van der Waals surface area contributed by atoms with Gasteiger partial charge < -0.3 is 0 Å². The van der Waals surface area contributed by atoms with Gasteiger partial charge in [0.25, 0.3) is 15.9 Å². The van der Waals surface area contributed by atoms with Crippen molar-refractivity contribution in [1.82, 2.24) is 5.43 Å². The highest BCUT2D eigenvalue weighted by Gasteiger charge is 2.28. The van der Waals surface area contributed by atoms with Crippen LogP contribution in [0.15, 0.2) is 107 Å². The first kappa shape index (κ1) is 26.4. The Labute approximate surface area is 226 Å². The third kappa shape index (κ3) is 6.57. The second-order valence-electron chi connectivity index (χ2n) is 8.22. The highest BCUT2D eigenvalue weighted by Crippen LogP contribution is 2.30. The van der Waals surface area contributed by atoms with Gasteiger partial charge in [0, 0.05) is 10.0 Å². The largest absolute Gasteiger partial charge is 0.273 e. The van der Waals surface area contributed by atoms with Crippen molar-refractivity contribution >= 4 is 51.0 Å². The summed E-state index contributed by atoms with van der Waals surface area (Å²) in [6, 6.07) is 26.9. The molecule has 0 spiro atoms. The van der Waals surface area contributed by atoms with Crippen molar-refractivity contribution in [2.75, 3.05) is 4.31 Å². The zero-order chi connectivity index (χ0) is 26.4. The van der Waals surface area contributed by atoms with Gasteiger partial charge in [0.15, 0.2) is 0 Å². The van der Waals surface area contributed by atoms with Gasteiger partial charge in [-0.15, -0.1) is 0 Å². The third-order valence-corrected chi connectivity index (χ3v) is 7.76. The van der Waals surface area contributed by atoms with E-state index in [1.807, 2.05) is 6.92 Å². The van der Waals surface area contributed by atoms with E-state index in [0.29, 0.717) is 21.2 Å². The Bertz CT molecular complexity index is 1540. The summed E-state index contributed by atoms with van der Waals surface area (Å²) in [5, 5.41) is 5.09. The number of carbonyl (C=O) groups is 1. The van der Waals surface area contributed by atoms with E-state index >= 15 is 0 Å². The van der Waals surface area contributed by atoms with E-state index in [1.54, 1.807) is 97.1 Å². The molecule has 0 heterocycles. The number of sulfonamides is 1. The number of amides is 1. The Morgan fingerprint density at radius 1 is 0.892 bits per heavy atom. The van der Waals surface area contributed by atoms with Crippen LogP contribution in [0.4, 0.5) is 5.69 Å². The first-order valence-corrected chi connectivity index (χ1v) is 13.5. The van der Waals surface area contributed by atoms with Crippen molar-refractivity contribution in [1.29, 1.82) is 0 Å². The van der Waals surface area contributed by atoms with Crippen LogP contribution in [0.2, 0.25) is 10.0 Å². The highest BCUT2D eigenvalue weighted by atomic mass is 35.5. The number of hydrogen-bond acceptors (Lipinski definition) is 4. The zero-order valence-corrected chi connectivity index (χ0v) is 22.1. The molecule has 0 unspecified atom stereocenters. The molecule has 0 aliphatic rings. The molecule has 1 amide bonds. The first-order valence-electron chi connectivity index (χ1n) is 11.3. The quantitative estimate of drug-likeness (QED) is 0.201. The molecule has 9 heteroatoms. The van der Waals surface area contributed by atoms with E-state index < -0.39 is 15.9 Å². The van der Waals surface area contributed by atoms with Crippen molar-refractivity contribution in [3.63, 3.8) is 0 Å². The third-order valence-electron chi connectivity index (χ3n) is 5.49. The average molecular weight is 552 g/mol. The van der Waals surface area contributed by atoms with Crippen LogP contribution in [0.1, 0.15) is 27.0 Å². The second-order valence-corrected chi connectivity index (χ2v) is 11.0. The maximum atomic E-state index is 13.8. The highest BCUT2D eigenvalue weighted by molar-refractivity contribution is 7.92. The van der Waals surface area contributed by atoms with Crippen LogP contribution in [0.25, 0.3) is 0 Å². The minimum absolute atomic E-state index is 0.0105. The fourth-order valence-corrected chi connectivity index (χ4v) is 5.38. The molecule has 4 aromatic rings. The van der Waals surface area contributed by atoms with Gasteiger partial charge >= 0.3 is 0 Å². The molecule has 0 fully saturated rings. The number of nitrogens with one attached hydrogen (secondary N) is 1. The predicted octanol–water partition coefficient (Wildman–Crippen LogP) is 6.46. The van der Waals surface area contributed by atoms with E-state index in [1.165, 1.54) is 10.5 Å². The summed E-state index contributed by atoms with van der Waals surface area (Å²) in [6.45, 7) is 1.87. The molecule has 0 aliphatic carbocycles. The molecule has 0 aliphatic heterocycles. The number of hydrazone groups is 1. The molecule has 0 aromatic heterocycles. The van der Waals surface area contributed by atoms with Gasteiger partial charge in [0.2, 0.25) is 0 Å². The number of rotatable bonds is 8. The molecule has 0 saturated carbocycles. The Morgan fingerprint density at radius 2 is 1.59 bits per heavy atom. The molecule has 188 valence electrons. The fraction of sp³-hybridized carbons (Fsp3) is 0.0714. The van der Waals surface area contributed by atoms with Crippen LogP contribution >= 0.6 is 23.2 Å². The Balaban J connectivity index is 1.71. The van der Waals surface area contributed by atoms with Crippen LogP contribution in [0.3, 0.4) is 0 Å². The summed E-state index contributed by atoms with van der Waals surface area (Å²) < 4.78 is 28.9.